The molecule has 7 nitrogen and oxygen atoms in total. The van der Waals surface area contributed by atoms with E-state index in [1.54, 1.807) is 29.7 Å². The fraction of sp³-hybridized carbons (Fsp3) is 0.350. The highest BCUT2D eigenvalue weighted by Gasteiger charge is 2.32. The third-order valence-electron chi connectivity index (χ3n) is 4.78. The molecule has 1 aliphatic heterocycles. The van der Waals surface area contributed by atoms with Crippen molar-refractivity contribution in [1.29, 1.82) is 0 Å². The van der Waals surface area contributed by atoms with Crippen molar-refractivity contribution < 1.29 is 23.2 Å². The second kappa shape index (κ2) is 9.18. The number of nitrogens with one attached hydrogen (secondary N) is 1. The van der Waals surface area contributed by atoms with Gasteiger partial charge in [-0.15, -0.1) is 0 Å². The third-order valence-corrected chi connectivity index (χ3v) is 6.53. The minimum Gasteiger partial charge on any atom is -0.457 e. The van der Waals surface area contributed by atoms with Gasteiger partial charge in [0.05, 0.1) is 10.6 Å². The highest BCUT2D eigenvalue weighted by Crippen LogP contribution is 2.24. The Balaban J connectivity index is 1.74. The number of carbonyl (C=O) groups is 1. The maximum atomic E-state index is 12.8. The zero-order valence-corrected chi connectivity index (χ0v) is 16.3. The van der Waals surface area contributed by atoms with Gasteiger partial charge in [0.1, 0.15) is 17.5 Å². The van der Waals surface area contributed by atoms with Crippen LogP contribution in [0.2, 0.25) is 0 Å². The fourth-order valence-electron chi connectivity index (χ4n) is 3.30. The molecule has 3 rings (SSSR count). The van der Waals surface area contributed by atoms with Gasteiger partial charge in [0.15, 0.2) is 9.84 Å². The van der Waals surface area contributed by atoms with Gasteiger partial charge in [-0.2, -0.15) is 0 Å². The summed E-state index contributed by atoms with van der Waals surface area (Å²) in [7, 11) is -3.72. The lowest BCUT2D eigenvalue weighted by Crippen LogP contribution is -2.51. The predicted molar refractivity (Wildman–Crippen MR) is 104 cm³/mol. The van der Waals surface area contributed by atoms with Gasteiger partial charge in [-0.1, -0.05) is 24.6 Å². The van der Waals surface area contributed by atoms with Crippen LogP contribution in [0.1, 0.15) is 19.3 Å². The quantitative estimate of drug-likeness (QED) is 0.544. The monoisotopic (exact) mass is 404 g/mol. The molecule has 1 fully saturated rings. The minimum atomic E-state index is -3.72. The van der Waals surface area contributed by atoms with E-state index in [1.807, 2.05) is 23.1 Å². The van der Waals surface area contributed by atoms with Crippen LogP contribution in [0.3, 0.4) is 0 Å². The molecule has 150 valence electrons. The summed E-state index contributed by atoms with van der Waals surface area (Å²) in [6.45, 7) is 1.27. The molecule has 0 saturated carbocycles. The van der Waals surface area contributed by atoms with E-state index in [1.165, 1.54) is 12.1 Å². The van der Waals surface area contributed by atoms with Crippen LogP contribution < -0.4 is 10.2 Å². The predicted octanol–water partition coefficient (Wildman–Crippen LogP) is 2.61. The van der Waals surface area contributed by atoms with Gasteiger partial charge in [0.25, 0.3) is 5.91 Å². The number of hydrogen-bond donors (Lipinski definition) is 2. The number of piperidine rings is 1. The lowest BCUT2D eigenvalue weighted by atomic mass is 10.1. The molecule has 2 aromatic carbocycles. The third kappa shape index (κ3) is 5.09. The number of amides is 1. The molecule has 0 bridgehead atoms. The molecule has 0 radical (unpaired) electrons. The average molecular weight is 404 g/mol. The SMILES string of the molecule is O=C(NO)C(CS(=O)(=O)c1ccc(Oc2ccccc2)cc1)N1CCCCC1. The first-order chi connectivity index (χ1) is 13.5. The number of nitrogens with zero attached hydrogens (tertiary/aromatic N) is 1. The van der Waals surface area contributed by atoms with E-state index in [0.29, 0.717) is 24.6 Å². The first-order valence-corrected chi connectivity index (χ1v) is 10.9. The maximum Gasteiger partial charge on any atom is 0.261 e. The number of rotatable bonds is 7. The minimum absolute atomic E-state index is 0.112. The van der Waals surface area contributed by atoms with E-state index in [0.717, 1.165) is 19.3 Å². The summed E-state index contributed by atoms with van der Waals surface area (Å²) in [5.74, 6) is 0.0846. The Kier molecular flexibility index (Phi) is 6.66. The van der Waals surface area contributed by atoms with Crippen LogP contribution in [0.5, 0.6) is 11.5 Å². The molecule has 1 heterocycles. The summed E-state index contributed by atoms with van der Waals surface area (Å²) in [4.78, 5) is 14.0. The van der Waals surface area contributed by atoms with E-state index < -0.39 is 27.5 Å². The fourth-order valence-corrected chi connectivity index (χ4v) is 4.82. The molecule has 28 heavy (non-hydrogen) atoms. The van der Waals surface area contributed by atoms with Crippen molar-refractivity contribution in [1.82, 2.24) is 10.4 Å². The molecular formula is C20H24N2O5S. The number of ether oxygens (including phenoxy) is 1. The van der Waals surface area contributed by atoms with Crippen molar-refractivity contribution in [2.75, 3.05) is 18.8 Å². The van der Waals surface area contributed by atoms with Crippen LogP contribution in [0.4, 0.5) is 0 Å². The molecule has 8 heteroatoms. The highest BCUT2D eigenvalue weighted by molar-refractivity contribution is 7.91. The zero-order valence-electron chi connectivity index (χ0n) is 15.5. The van der Waals surface area contributed by atoms with E-state index in [-0.39, 0.29) is 4.90 Å². The van der Waals surface area contributed by atoms with E-state index >= 15 is 0 Å². The lowest BCUT2D eigenvalue weighted by molar-refractivity contribution is -0.134. The molecule has 1 atom stereocenters. The Bertz CT molecular complexity index is 879. The van der Waals surface area contributed by atoms with E-state index in [9.17, 15) is 13.2 Å². The van der Waals surface area contributed by atoms with Crippen molar-refractivity contribution >= 4 is 15.7 Å². The Morgan fingerprint density at radius 1 is 1.00 bits per heavy atom. The summed E-state index contributed by atoms with van der Waals surface area (Å²) in [6.07, 6.45) is 2.86. The van der Waals surface area contributed by atoms with Crippen LogP contribution in [0.15, 0.2) is 59.5 Å². The largest absolute Gasteiger partial charge is 0.457 e. The van der Waals surface area contributed by atoms with Gasteiger partial charge in [0.2, 0.25) is 0 Å². The number of benzene rings is 2. The average Bonchev–Trinajstić information content (AvgIpc) is 2.73. The first-order valence-electron chi connectivity index (χ1n) is 9.23. The van der Waals surface area contributed by atoms with E-state index in [2.05, 4.69) is 0 Å². The number of sulfone groups is 1. The summed E-state index contributed by atoms with van der Waals surface area (Å²) < 4.78 is 31.4. The van der Waals surface area contributed by atoms with Crippen molar-refractivity contribution in [3.8, 4) is 11.5 Å². The van der Waals surface area contributed by atoms with Crippen LogP contribution in [-0.2, 0) is 14.6 Å². The Morgan fingerprint density at radius 2 is 1.61 bits per heavy atom. The first kappa shape index (κ1) is 20.3. The van der Waals surface area contributed by atoms with Gasteiger partial charge in [0, 0.05) is 0 Å². The zero-order chi connectivity index (χ0) is 20.0. The number of hydroxylamine groups is 1. The standard InChI is InChI=1S/C20H24N2O5S/c23-20(21-24)19(22-13-5-2-6-14-22)15-28(25,26)18-11-9-17(10-12-18)27-16-7-3-1-4-8-16/h1,3-4,7-12,19,24H,2,5-6,13-15H2,(H,21,23). The van der Waals surface area contributed by atoms with Gasteiger partial charge in [-0.25, -0.2) is 13.9 Å². The normalized spacial score (nSPS) is 16.3. The van der Waals surface area contributed by atoms with Crippen LogP contribution in [0.25, 0.3) is 0 Å². The molecule has 0 aliphatic carbocycles. The van der Waals surface area contributed by atoms with Crippen LogP contribution in [-0.4, -0.2) is 49.3 Å². The number of hydrogen-bond acceptors (Lipinski definition) is 6. The Labute approximate surface area is 164 Å². The Hall–Kier alpha value is -2.42. The van der Waals surface area contributed by atoms with Gasteiger partial charge in [-0.05, 0) is 62.3 Å². The van der Waals surface area contributed by atoms with E-state index in [4.69, 9.17) is 9.94 Å². The smallest absolute Gasteiger partial charge is 0.261 e. The second-order valence-electron chi connectivity index (χ2n) is 6.76. The molecule has 1 amide bonds. The van der Waals surface area contributed by atoms with Gasteiger partial charge in [-0.3, -0.25) is 14.9 Å². The lowest BCUT2D eigenvalue weighted by Gasteiger charge is -2.32. The highest BCUT2D eigenvalue weighted by atomic mass is 32.2. The summed E-state index contributed by atoms with van der Waals surface area (Å²) in [6, 6.07) is 14.4. The summed E-state index contributed by atoms with van der Waals surface area (Å²) in [5.41, 5.74) is 1.61. The molecule has 1 unspecified atom stereocenters. The van der Waals surface area contributed by atoms with Gasteiger partial charge < -0.3 is 4.74 Å². The number of carbonyl (C=O) groups excluding carboxylic acids is 1. The van der Waals surface area contributed by atoms with Crippen molar-refractivity contribution in [2.45, 2.75) is 30.2 Å². The molecule has 1 aliphatic rings. The second-order valence-corrected chi connectivity index (χ2v) is 8.79. The molecule has 0 spiro atoms. The number of para-hydroxylation sites is 1. The molecule has 2 N–H and O–H groups in total. The Morgan fingerprint density at radius 3 is 2.21 bits per heavy atom. The van der Waals surface area contributed by atoms with Gasteiger partial charge >= 0.3 is 0 Å². The van der Waals surface area contributed by atoms with Crippen molar-refractivity contribution in [2.24, 2.45) is 0 Å². The molecular weight excluding hydrogens is 380 g/mol. The summed E-state index contributed by atoms with van der Waals surface area (Å²) in [5, 5.41) is 9.04. The summed E-state index contributed by atoms with van der Waals surface area (Å²) >= 11 is 0. The molecule has 0 aromatic heterocycles. The molecule has 1 saturated heterocycles. The molecule has 2 aromatic rings. The maximum absolute atomic E-state index is 12.8. The topological polar surface area (TPSA) is 95.9 Å². The number of likely N-dealkylation sites (tertiary alicyclic amines) is 1. The van der Waals surface area contributed by atoms with Crippen molar-refractivity contribution in [3.63, 3.8) is 0 Å². The van der Waals surface area contributed by atoms with Crippen LogP contribution in [0, 0.1) is 0 Å². The van der Waals surface area contributed by atoms with Crippen LogP contribution >= 0.6 is 0 Å². The van der Waals surface area contributed by atoms with Crippen molar-refractivity contribution in [3.05, 3.63) is 54.6 Å².